The number of halogens is 1. The molecule has 0 radical (unpaired) electrons. The van der Waals surface area contributed by atoms with E-state index in [0.29, 0.717) is 34.1 Å². The van der Waals surface area contributed by atoms with Gasteiger partial charge in [0.2, 0.25) is 0 Å². The highest BCUT2D eigenvalue weighted by atomic mass is 32.1. The lowest BCUT2D eigenvalue weighted by molar-refractivity contribution is 0.0975. The number of hydrogen-bond acceptors (Lipinski definition) is 5. The molecular formula is C20H18FN5OS. The third kappa shape index (κ3) is 3.50. The van der Waals surface area contributed by atoms with E-state index in [-0.39, 0.29) is 11.7 Å². The van der Waals surface area contributed by atoms with Crippen LogP contribution >= 0.6 is 11.3 Å². The molecule has 0 unspecified atom stereocenters. The smallest absolute Gasteiger partial charge is 0.278 e. The predicted molar refractivity (Wildman–Crippen MR) is 107 cm³/mol. The fourth-order valence-electron chi connectivity index (χ4n) is 3.00. The lowest BCUT2D eigenvalue weighted by Gasteiger charge is -2.20. The molecule has 142 valence electrons. The van der Waals surface area contributed by atoms with Crippen molar-refractivity contribution in [3.05, 3.63) is 71.6 Å². The molecule has 1 aromatic carbocycles. The van der Waals surface area contributed by atoms with Crippen LogP contribution in [0.25, 0.3) is 10.2 Å². The number of thiazole rings is 1. The van der Waals surface area contributed by atoms with Gasteiger partial charge >= 0.3 is 0 Å². The number of fused-ring (bicyclic) bond motifs is 1. The third-order valence-electron chi connectivity index (χ3n) is 4.30. The molecule has 0 aliphatic rings. The maximum absolute atomic E-state index is 13.6. The Morgan fingerprint density at radius 3 is 2.89 bits per heavy atom. The van der Waals surface area contributed by atoms with E-state index in [0.717, 1.165) is 11.3 Å². The topological polar surface area (TPSA) is 63.9 Å². The average Bonchev–Trinajstić information content (AvgIpc) is 3.29. The standard InChI is InChI=1S/C20H18FN5OS/c1-3-26-17(9-13(2)24-26)19(27)25(12-14-5-4-8-22-11-14)20-23-16-7-6-15(21)10-18(16)28-20/h4-11H,3,12H2,1-2H3. The van der Waals surface area contributed by atoms with Gasteiger partial charge in [0.1, 0.15) is 11.5 Å². The van der Waals surface area contributed by atoms with Crippen LogP contribution in [0, 0.1) is 12.7 Å². The van der Waals surface area contributed by atoms with Crippen molar-refractivity contribution in [1.29, 1.82) is 0 Å². The van der Waals surface area contributed by atoms with Crippen molar-refractivity contribution < 1.29 is 9.18 Å². The molecule has 4 aromatic rings. The van der Waals surface area contributed by atoms with Gasteiger partial charge in [0.05, 0.1) is 22.5 Å². The minimum absolute atomic E-state index is 0.203. The van der Waals surface area contributed by atoms with Crippen LogP contribution in [0.4, 0.5) is 9.52 Å². The van der Waals surface area contributed by atoms with E-state index in [1.807, 2.05) is 26.0 Å². The summed E-state index contributed by atoms with van der Waals surface area (Å²) in [5.41, 5.74) is 2.80. The van der Waals surface area contributed by atoms with E-state index in [1.54, 1.807) is 34.1 Å². The highest BCUT2D eigenvalue weighted by Crippen LogP contribution is 2.31. The minimum Gasteiger partial charge on any atom is -0.278 e. The van der Waals surface area contributed by atoms with Gasteiger partial charge in [-0.2, -0.15) is 5.10 Å². The molecule has 0 fully saturated rings. The summed E-state index contributed by atoms with van der Waals surface area (Å²) in [5, 5.41) is 4.89. The molecule has 8 heteroatoms. The fourth-order valence-corrected chi connectivity index (χ4v) is 3.99. The van der Waals surface area contributed by atoms with E-state index >= 15 is 0 Å². The molecule has 1 amide bonds. The first-order valence-electron chi connectivity index (χ1n) is 8.86. The van der Waals surface area contributed by atoms with Crippen LogP contribution < -0.4 is 4.90 Å². The average molecular weight is 395 g/mol. The maximum Gasteiger partial charge on any atom is 0.278 e. The molecule has 0 saturated heterocycles. The number of aryl methyl sites for hydroxylation is 2. The number of amides is 1. The Morgan fingerprint density at radius 1 is 1.29 bits per heavy atom. The molecule has 3 heterocycles. The van der Waals surface area contributed by atoms with Gasteiger partial charge in [0.15, 0.2) is 5.13 Å². The Hall–Kier alpha value is -3.13. The number of aromatic nitrogens is 4. The summed E-state index contributed by atoms with van der Waals surface area (Å²) in [7, 11) is 0. The number of hydrogen-bond donors (Lipinski definition) is 0. The molecular weight excluding hydrogens is 377 g/mol. The number of pyridine rings is 1. The van der Waals surface area contributed by atoms with Gasteiger partial charge in [-0.1, -0.05) is 17.4 Å². The monoisotopic (exact) mass is 395 g/mol. The van der Waals surface area contributed by atoms with Crippen molar-refractivity contribution in [2.45, 2.75) is 26.9 Å². The van der Waals surface area contributed by atoms with Crippen LogP contribution in [-0.2, 0) is 13.1 Å². The molecule has 0 atom stereocenters. The second-order valence-corrected chi connectivity index (χ2v) is 7.36. The van der Waals surface area contributed by atoms with E-state index in [9.17, 15) is 9.18 Å². The Labute approximate surface area is 165 Å². The van der Waals surface area contributed by atoms with Crippen LogP contribution in [0.3, 0.4) is 0 Å². The number of nitrogens with zero attached hydrogens (tertiary/aromatic N) is 5. The van der Waals surface area contributed by atoms with Gasteiger partial charge in [-0.25, -0.2) is 9.37 Å². The molecule has 6 nitrogen and oxygen atoms in total. The second-order valence-electron chi connectivity index (χ2n) is 6.35. The Kier molecular flexibility index (Phi) is 4.87. The van der Waals surface area contributed by atoms with Gasteiger partial charge < -0.3 is 0 Å². The van der Waals surface area contributed by atoms with Crippen LogP contribution in [-0.4, -0.2) is 25.7 Å². The molecule has 0 bridgehead atoms. The molecule has 0 N–H and O–H groups in total. The van der Waals surface area contributed by atoms with E-state index in [2.05, 4.69) is 15.1 Å². The second kappa shape index (κ2) is 7.47. The van der Waals surface area contributed by atoms with Gasteiger partial charge in [0.25, 0.3) is 5.91 Å². The minimum atomic E-state index is -0.326. The first kappa shape index (κ1) is 18.2. The summed E-state index contributed by atoms with van der Waals surface area (Å²) in [6.45, 7) is 4.69. The highest BCUT2D eigenvalue weighted by Gasteiger charge is 2.25. The summed E-state index contributed by atoms with van der Waals surface area (Å²) in [6.07, 6.45) is 3.40. The zero-order valence-electron chi connectivity index (χ0n) is 15.5. The summed E-state index contributed by atoms with van der Waals surface area (Å²) >= 11 is 1.29. The van der Waals surface area contributed by atoms with Crippen molar-refractivity contribution in [1.82, 2.24) is 19.7 Å². The van der Waals surface area contributed by atoms with Crippen molar-refractivity contribution >= 4 is 32.6 Å². The molecule has 0 aliphatic carbocycles. The largest absolute Gasteiger partial charge is 0.278 e. The first-order chi connectivity index (χ1) is 13.5. The molecule has 3 aromatic heterocycles. The SMILES string of the molecule is CCn1nc(C)cc1C(=O)N(Cc1cccnc1)c1nc2ccc(F)cc2s1. The number of carbonyl (C=O) groups is 1. The van der Waals surface area contributed by atoms with Crippen LogP contribution in [0.2, 0.25) is 0 Å². The summed E-state index contributed by atoms with van der Waals surface area (Å²) < 4.78 is 16.0. The summed E-state index contributed by atoms with van der Waals surface area (Å²) in [6, 6.07) is 9.93. The van der Waals surface area contributed by atoms with Crippen molar-refractivity contribution in [3.8, 4) is 0 Å². The van der Waals surface area contributed by atoms with Crippen molar-refractivity contribution in [3.63, 3.8) is 0 Å². The predicted octanol–water partition coefficient (Wildman–Crippen LogP) is 4.20. The van der Waals surface area contributed by atoms with Gasteiger partial charge in [-0.3, -0.25) is 19.4 Å². The summed E-state index contributed by atoms with van der Waals surface area (Å²) in [4.78, 5) is 23.7. The molecule has 0 aliphatic heterocycles. The number of anilines is 1. The lowest BCUT2D eigenvalue weighted by atomic mass is 10.2. The van der Waals surface area contributed by atoms with Crippen LogP contribution in [0.1, 0.15) is 28.7 Å². The molecule has 28 heavy (non-hydrogen) atoms. The summed E-state index contributed by atoms with van der Waals surface area (Å²) in [5.74, 6) is -0.529. The van der Waals surface area contributed by atoms with E-state index in [4.69, 9.17) is 0 Å². The quantitative estimate of drug-likeness (QED) is 0.508. The van der Waals surface area contributed by atoms with Crippen LogP contribution in [0.15, 0.2) is 48.8 Å². The van der Waals surface area contributed by atoms with Crippen molar-refractivity contribution in [2.24, 2.45) is 0 Å². The Balaban J connectivity index is 1.79. The van der Waals surface area contributed by atoms with E-state index in [1.165, 1.54) is 23.5 Å². The molecule has 0 spiro atoms. The van der Waals surface area contributed by atoms with Crippen LogP contribution in [0.5, 0.6) is 0 Å². The zero-order valence-corrected chi connectivity index (χ0v) is 16.3. The molecule has 0 saturated carbocycles. The third-order valence-corrected chi connectivity index (χ3v) is 5.34. The Bertz CT molecular complexity index is 1140. The fraction of sp³-hybridized carbons (Fsp3) is 0.200. The lowest BCUT2D eigenvalue weighted by Crippen LogP contribution is -2.32. The zero-order chi connectivity index (χ0) is 19.7. The number of benzene rings is 1. The van der Waals surface area contributed by atoms with Crippen molar-refractivity contribution in [2.75, 3.05) is 4.90 Å². The van der Waals surface area contributed by atoms with E-state index < -0.39 is 0 Å². The van der Waals surface area contributed by atoms with Gasteiger partial charge in [0, 0.05) is 18.9 Å². The van der Waals surface area contributed by atoms with Gasteiger partial charge in [-0.05, 0) is 49.7 Å². The first-order valence-corrected chi connectivity index (χ1v) is 9.68. The Morgan fingerprint density at radius 2 is 2.14 bits per heavy atom. The highest BCUT2D eigenvalue weighted by molar-refractivity contribution is 7.22. The normalized spacial score (nSPS) is 11.1. The van der Waals surface area contributed by atoms with Gasteiger partial charge in [-0.15, -0.1) is 0 Å². The number of carbonyl (C=O) groups excluding carboxylic acids is 1. The molecule has 4 rings (SSSR count). The maximum atomic E-state index is 13.6. The number of rotatable bonds is 5.